The number of halogens is 3. The number of hydrogen-bond acceptors (Lipinski definition) is 3. The lowest BCUT2D eigenvalue weighted by molar-refractivity contribution is 0.161. The molecule has 0 saturated carbocycles. The minimum absolute atomic E-state index is 0.244. The summed E-state index contributed by atoms with van der Waals surface area (Å²) in [5, 5.41) is 9.90. The van der Waals surface area contributed by atoms with E-state index in [0.717, 1.165) is 12.1 Å². The van der Waals surface area contributed by atoms with Crippen LogP contribution in [0.2, 0.25) is 0 Å². The van der Waals surface area contributed by atoms with Crippen LogP contribution in [0.3, 0.4) is 0 Å². The van der Waals surface area contributed by atoms with Crippen molar-refractivity contribution >= 4 is 0 Å². The summed E-state index contributed by atoms with van der Waals surface area (Å²) in [7, 11) is 0. The SMILES string of the molecule is OC1CC(c2cc(F)ccc2F)N(CCOc2ccc(F)cc2)C1. The molecular weight excluding hydrogens is 319 g/mol. The summed E-state index contributed by atoms with van der Waals surface area (Å²) < 4.78 is 45.8. The second-order valence-electron chi connectivity index (χ2n) is 5.87. The Morgan fingerprint density at radius 2 is 1.75 bits per heavy atom. The molecule has 2 aromatic carbocycles. The first kappa shape index (κ1) is 16.8. The number of hydrogen-bond donors (Lipinski definition) is 1. The standard InChI is InChI=1S/C18H18F3NO2/c19-12-1-4-15(5-2-12)24-8-7-22-11-14(23)10-18(22)16-9-13(20)3-6-17(16)21/h1-6,9,14,18,23H,7-8,10-11H2. The quantitative estimate of drug-likeness (QED) is 0.909. The second-order valence-corrected chi connectivity index (χ2v) is 5.87. The van der Waals surface area contributed by atoms with Gasteiger partial charge < -0.3 is 9.84 Å². The molecule has 2 aromatic rings. The van der Waals surface area contributed by atoms with Crippen molar-refractivity contribution in [3.63, 3.8) is 0 Å². The van der Waals surface area contributed by atoms with Gasteiger partial charge in [-0.3, -0.25) is 4.90 Å². The molecule has 2 unspecified atom stereocenters. The highest BCUT2D eigenvalue weighted by Crippen LogP contribution is 2.33. The summed E-state index contributed by atoms with van der Waals surface area (Å²) >= 11 is 0. The zero-order chi connectivity index (χ0) is 17.1. The van der Waals surface area contributed by atoms with Gasteiger partial charge in [-0.2, -0.15) is 0 Å². The van der Waals surface area contributed by atoms with Crippen LogP contribution in [0.25, 0.3) is 0 Å². The van der Waals surface area contributed by atoms with E-state index in [-0.39, 0.29) is 11.4 Å². The molecule has 2 atom stereocenters. The third-order valence-electron chi connectivity index (χ3n) is 4.16. The molecule has 1 saturated heterocycles. The van der Waals surface area contributed by atoms with Gasteiger partial charge >= 0.3 is 0 Å². The van der Waals surface area contributed by atoms with Gasteiger partial charge in [-0.05, 0) is 48.9 Å². The summed E-state index contributed by atoms with van der Waals surface area (Å²) in [6.07, 6.45) is -0.250. The lowest BCUT2D eigenvalue weighted by Crippen LogP contribution is -2.29. The molecule has 1 aliphatic rings. The Labute approximate surface area is 138 Å². The van der Waals surface area contributed by atoms with Crippen molar-refractivity contribution in [2.24, 2.45) is 0 Å². The molecule has 128 valence electrons. The summed E-state index contributed by atoms with van der Waals surface area (Å²) in [6, 6.07) is 8.61. The molecule has 3 nitrogen and oxygen atoms in total. The predicted molar refractivity (Wildman–Crippen MR) is 83.2 cm³/mol. The zero-order valence-electron chi connectivity index (χ0n) is 13.0. The molecule has 0 spiro atoms. The predicted octanol–water partition coefficient (Wildman–Crippen LogP) is 3.29. The Bertz CT molecular complexity index is 693. The monoisotopic (exact) mass is 337 g/mol. The number of ether oxygens (including phenoxy) is 1. The van der Waals surface area contributed by atoms with E-state index in [1.165, 1.54) is 30.3 Å². The van der Waals surface area contributed by atoms with Gasteiger partial charge in [0, 0.05) is 24.7 Å². The van der Waals surface area contributed by atoms with Crippen LogP contribution in [-0.4, -0.2) is 35.8 Å². The average molecular weight is 337 g/mol. The summed E-state index contributed by atoms with van der Waals surface area (Å²) in [5.41, 5.74) is 0.244. The fourth-order valence-corrected chi connectivity index (χ4v) is 3.03. The van der Waals surface area contributed by atoms with Crippen molar-refractivity contribution in [2.45, 2.75) is 18.6 Å². The number of β-amino-alcohol motifs (C(OH)–C–C–N with tert-alkyl or cyclic N) is 1. The smallest absolute Gasteiger partial charge is 0.128 e. The van der Waals surface area contributed by atoms with Gasteiger partial charge in [-0.1, -0.05) is 0 Å². The molecule has 1 N–H and O–H groups in total. The van der Waals surface area contributed by atoms with Gasteiger partial charge in [-0.25, -0.2) is 13.2 Å². The first-order valence-corrected chi connectivity index (χ1v) is 7.78. The summed E-state index contributed by atoms with van der Waals surface area (Å²) in [5.74, 6) is -0.799. The van der Waals surface area contributed by atoms with Gasteiger partial charge in [0.1, 0.15) is 29.8 Å². The molecule has 0 amide bonds. The Morgan fingerprint density at radius 1 is 1.04 bits per heavy atom. The molecule has 1 aliphatic heterocycles. The maximum Gasteiger partial charge on any atom is 0.128 e. The van der Waals surface area contributed by atoms with Crippen molar-refractivity contribution in [3.05, 3.63) is 65.5 Å². The van der Waals surface area contributed by atoms with Gasteiger partial charge in [-0.15, -0.1) is 0 Å². The van der Waals surface area contributed by atoms with E-state index in [9.17, 15) is 18.3 Å². The Morgan fingerprint density at radius 3 is 2.50 bits per heavy atom. The van der Waals surface area contributed by atoms with E-state index in [0.29, 0.717) is 31.9 Å². The van der Waals surface area contributed by atoms with E-state index >= 15 is 0 Å². The molecule has 0 radical (unpaired) electrons. The number of nitrogens with zero attached hydrogens (tertiary/aromatic N) is 1. The van der Waals surface area contributed by atoms with E-state index in [1.807, 2.05) is 4.90 Å². The summed E-state index contributed by atoms with van der Waals surface area (Å²) in [4.78, 5) is 1.87. The van der Waals surface area contributed by atoms with Crippen LogP contribution >= 0.6 is 0 Å². The van der Waals surface area contributed by atoms with Crippen molar-refractivity contribution in [1.82, 2.24) is 4.90 Å². The molecule has 1 fully saturated rings. The Kier molecular flexibility index (Phi) is 5.06. The number of benzene rings is 2. The Hall–Kier alpha value is -2.05. The second kappa shape index (κ2) is 7.23. The normalized spacial score (nSPS) is 21.2. The molecule has 0 aliphatic carbocycles. The maximum atomic E-state index is 14.0. The number of aliphatic hydroxyl groups excluding tert-OH is 1. The molecule has 24 heavy (non-hydrogen) atoms. The largest absolute Gasteiger partial charge is 0.492 e. The lowest BCUT2D eigenvalue weighted by Gasteiger charge is -2.24. The molecule has 3 rings (SSSR count). The minimum Gasteiger partial charge on any atom is -0.492 e. The highest BCUT2D eigenvalue weighted by atomic mass is 19.1. The summed E-state index contributed by atoms with van der Waals surface area (Å²) in [6.45, 7) is 1.11. The highest BCUT2D eigenvalue weighted by molar-refractivity contribution is 5.24. The van der Waals surface area contributed by atoms with Crippen LogP contribution in [0.1, 0.15) is 18.0 Å². The van der Waals surface area contributed by atoms with E-state index in [2.05, 4.69) is 0 Å². The van der Waals surface area contributed by atoms with Gasteiger partial charge in [0.2, 0.25) is 0 Å². The zero-order valence-corrected chi connectivity index (χ0v) is 13.0. The van der Waals surface area contributed by atoms with Crippen LogP contribution < -0.4 is 4.74 Å². The first-order valence-electron chi connectivity index (χ1n) is 7.78. The first-order chi connectivity index (χ1) is 11.5. The van der Waals surface area contributed by atoms with Gasteiger partial charge in [0.15, 0.2) is 0 Å². The topological polar surface area (TPSA) is 32.7 Å². The fourth-order valence-electron chi connectivity index (χ4n) is 3.03. The molecule has 0 bridgehead atoms. The molecule has 6 heteroatoms. The van der Waals surface area contributed by atoms with Gasteiger partial charge in [0.05, 0.1) is 6.10 Å². The number of aliphatic hydroxyl groups is 1. The van der Waals surface area contributed by atoms with Crippen LogP contribution in [0.4, 0.5) is 13.2 Å². The van der Waals surface area contributed by atoms with Crippen molar-refractivity contribution in [3.8, 4) is 5.75 Å². The van der Waals surface area contributed by atoms with Crippen LogP contribution in [0, 0.1) is 17.5 Å². The average Bonchev–Trinajstić information content (AvgIpc) is 2.92. The van der Waals surface area contributed by atoms with Crippen molar-refractivity contribution in [2.75, 3.05) is 19.7 Å². The lowest BCUT2D eigenvalue weighted by atomic mass is 10.0. The molecule has 0 aromatic heterocycles. The van der Waals surface area contributed by atoms with Gasteiger partial charge in [0.25, 0.3) is 0 Å². The third-order valence-corrected chi connectivity index (χ3v) is 4.16. The highest BCUT2D eigenvalue weighted by Gasteiger charge is 2.33. The van der Waals surface area contributed by atoms with E-state index < -0.39 is 23.8 Å². The van der Waals surface area contributed by atoms with E-state index in [1.54, 1.807) is 0 Å². The molecule has 1 heterocycles. The minimum atomic E-state index is -0.594. The van der Waals surface area contributed by atoms with Crippen LogP contribution in [-0.2, 0) is 0 Å². The molecular formula is C18H18F3NO2. The maximum absolute atomic E-state index is 14.0. The fraction of sp³-hybridized carbons (Fsp3) is 0.333. The van der Waals surface area contributed by atoms with Crippen molar-refractivity contribution < 1.29 is 23.0 Å². The third kappa shape index (κ3) is 3.88. The van der Waals surface area contributed by atoms with Crippen LogP contribution in [0.5, 0.6) is 5.75 Å². The van der Waals surface area contributed by atoms with Crippen molar-refractivity contribution in [1.29, 1.82) is 0 Å². The van der Waals surface area contributed by atoms with Crippen LogP contribution in [0.15, 0.2) is 42.5 Å². The van der Waals surface area contributed by atoms with E-state index in [4.69, 9.17) is 4.74 Å². The number of likely N-dealkylation sites (tertiary alicyclic amines) is 1. The number of rotatable bonds is 5. The Balaban J connectivity index is 1.65.